The summed E-state index contributed by atoms with van der Waals surface area (Å²) in [4.78, 5) is 28.5. The lowest BCUT2D eigenvalue weighted by molar-refractivity contribution is 0.0507. The molecule has 0 spiro atoms. The molecule has 9 nitrogen and oxygen atoms in total. The molecule has 0 aliphatic rings. The Morgan fingerprint density at radius 2 is 1.93 bits per heavy atom. The van der Waals surface area contributed by atoms with Gasteiger partial charge >= 0.3 is 12.1 Å². The second-order valence-corrected chi connectivity index (χ2v) is 7.46. The van der Waals surface area contributed by atoms with E-state index in [9.17, 15) is 9.59 Å². The highest BCUT2D eigenvalue weighted by Gasteiger charge is 2.25. The molecule has 1 aromatic heterocycles. The molecule has 0 aliphatic heterocycles. The fourth-order valence-electron chi connectivity index (χ4n) is 2.64. The van der Waals surface area contributed by atoms with E-state index in [1.165, 1.54) is 13.4 Å². The molecule has 0 aliphatic carbocycles. The molecule has 1 heterocycles. The summed E-state index contributed by atoms with van der Waals surface area (Å²) in [6.07, 6.45) is 0.656. The van der Waals surface area contributed by atoms with Gasteiger partial charge in [0, 0.05) is 12.5 Å². The van der Waals surface area contributed by atoms with Crippen molar-refractivity contribution in [3.05, 3.63) is 35.5 Å². The van der Waals surface area contributed by atoms with Crippen LogP contribution >= 0.6 is 0 Å². The smallest absolute Gasteiger partial charge is 0.408 e. The van der Waals surface area contributed by atoms with Crippen LogP contribution in [0, 0.1) is 6.92 Å². The first-order chi connectivity index (χ1) is 14.1. The van der Waals surface area contributed by atoms with Crippen LogP contribution in [0.3, 0.4) is 0 Å². The number of alkyl carbamates (subject to hydrolysis) is 1. The predicted octanol–water partition coefficient (Wildman–Crippen LogP) is 4.20. The molecule has 1 atom stereocenters. The molecule has 30 heavy (non-hydrogen) atoms. The molecule has 9 heteroatoms. The van der Waals surface area contributed by atoms with Crippen LogP contribution in [0.4, 0.5) is 4.79 Å². The van der Waals surface area contributed by atoms with Gasteiger partial charge in [0.15, 0.2) is 23.1 Å². The fraction of sp³-hybridized carbons (Fsp3) is 0.476. The van der Waals surface area contributed by atoms with Gasteiger partial charge in [-0.05, 0) is 46.8 Å². The number of aromatic nitrogens is 1. The number of carbonyl (C=O) groups excluding carboxylic acids is 2. The summed E-state index contributed by atoms with van der Waals surface area (Å²) in [6, 6.07) is 2.79. The summed E-state index contributed by atoms with van der Waals surface area (Å²) in [5, 5.41) is 2.76. The monoisotopic (exact) mass is 420 g/mol. The van der Waals surface area contributed by atoms with Crippen LogP contribution in [0.1, 0.15) is 62.6 Å². The van der Waals surface area contributed by atoms with Gasteiger partial charge in [-0.3, -0.25) is 0 Å². The normalized spacial score (nSPS) is 12.1. The highest BCUT2D eigenvalue weighted by Crippen LogP contribution is 2.42. The second kappa shape index (κ2) is 9.51. The zero-order chi connectivity index (χ0) is 22.5. The third-order valence-electron chi connectivity index (χ3n) is 3.83. The number of hydrogen-bond donors (Lipinski definition) is 1. The van der Waals surface area contributed by atoms with Crippen molar-refractivity contribution < 1.29 is 33.0 Å². The molecule has 164 valence electrons. The molecule has 1 amide bonds. The van der Waals surface area contributed by atoms with Crippen LogP contribution in [0.15, 0.2) is 22.8 Å². The van der Waals surface area contributed by atoms with E-state index in [0.29, 0.717) is 23.8 Å². The van der Waals surface area contributed by atoms with Gasteiger partial charge in [-0.1, -0.05) is 0 Å². The number of oxazole rings is 1. The molecular weight excluding hydrogens is 392 g/mol. The zero-order valence-corrected chi connectivity index (χ0v) is 18.3. The number of methoxy groups -OCH3 is 1. The van der Waals surface area contributed by atoms with Crippen molar-refractivity contribution in [1.82, 2.24) is 10.3 Å². The van der Waals surface area contributed by atoms with E-state index < -0.39 is 23.7 Å². The Hall–Kier alpha value is -3.23. The summed E-state index contributed by atoms with van der Waals surface area (Å²) in [5.74, 6) is 0.392. The van der Waals surface area contributed by atoms with Crippen molar-refractivity contribution in [3.8, 4) is 17.2 Å². The van der Waals surface area contributed by atoms with E-state index in [0.717, 1.165) is 0 Å². The average Bonchev–Trinajstić information content (AvgIpc) is 3.07. The number of amides is 1. The fourth-order valence-corrected chi connectivity index (χ4v) is 2.64. The van der Waals surface area contributed by atoms with Gasteiger partial charge < -0.3 is 28.7 Å². The number of ether oxygens (including phenoxy) is 4. The van der Waals surface area contributed by atoms with Gasteiger partial charge in [0.1, 0.15) is 11.9 Å². The summed E-state index contributed by atoms with van der Waals surface area (Å²) in [5.41, 5.74) is 0.0453. The maximum absolute atomic E-state index is 12.4. The minimum absolute atomic E-state index is 0.0398. The Bertz CT molecular complexity index is 899. The highest BCUT2D eigenvalue weighted by molar-refractivity contribution is 5.89. The first kappa shape index (κ1) is 23.1. The van der Waals surface area contributed by atoms with Gasteiger partial charge in [0.2, 0.25) is 5.75 Å². The second-order valence-electron chi connectivity index (χ2n) is 7.46. The first-order valence-corrected chi connectivity index (χ1v) is 9.53. The number of rotatable bonds is 7. The first-order valence-electron chi connectivity index (χ1n) is 9.53. The average molecular weight is 420 g/mol. The Morgan fingerprint density at radius 1 is 1.23 bits per heavy atom. The molecule has 1 aromatic carbocycles. The number of nitrogens with one attached hydrogen (secondary N) is 1. The van der Waals surface area contributed by atoms with Crippen molar-refractivity contribution in [3.63, 3.8) is 0 Å². The number of esters is 1. The Morgan fingerprint density at radius 3 is 2.47 bits per heavy atom. The number of carbonyl (C=O) groups is 2. The topological polar surface area (TPSA) is 109 Å². The molecule has 0 unspecified atom stereocenters. The van der Waals surface area contributed by atoms with Crippen LogP contribution in [0.25, 0.3) is 0 Å². The molecule has 2 aromatic rings. The van der Waals surface area contributed by atoms with Crippen molar-refractivity contribution in [2.24, 2.45) is 0 Å². The van der Waals surface area contributed by atoms with Crippen LogP contribution in [0.2, 0.25) is 0 Å². The summed E-state index contributed by atoms with van der Waals surface area (Å²) in [7, 11) is 1.47. The van der Waals surface area contributed by atoms with Crippen LogP contribution in [0.5, 0.6) is 17.2 Å². The Labute approximate surface area is 175 Å². The molecule has 1 N–H and O–H groups in total. The minimum Gasteiger partial charge on any atom is -0.492 e. The quantitative estimate of drug-likeness (QED) is 0.524. The van der Waals surface area contributed by atoms with E-state index in [-0.39, 0.29) is 17.2 Å². The zero-order valence-electron chi connectivity index (χ0n) is 18.3. The predicted molar refractivity (Wildman–Crippen MR) is 108 cm³/mol. The summed E-state index contributed by atoms with van der Waals surface area (Å²) >= 11 is 0. The largest absolute Gasteiger partial charge is 0.492 e. The van der Waals surface area contributed by atoms with E-state index in [2.05, 4.69) is 10.3 Å². The summed E-state index contributed by atoms with van der Waals surface area (Å²) < 4.78 is 27.0. The van der Waals surface area contributed by atoms with Crippen molar-refractivity contribution in [1.29, 1.82) is 0 Å². The number of aryl methyl sites for hydroxylation is 1. The van der Waals surface area contributed by atoms with Gasteiger partial charge in [0.25, 0.3) is 0 Å². The van der Waals surface area contributed by atoms with E-state index in [4.69, 9.17) is 23.4 Å². The molecule has 0 fully saturated rings. The van der Waals surface area contributed by atoms with E-state index in [1.807, 2.05) is 0 Å². The van der Waals surface area contributed by atoms with Gasteiger partial charge in [0.05, 0.1) is 19.8 Å². The van der Waals surface area contributed by atoms with Crippen molar-refractivity contribution >= 4 is 12.1 Å². The maximum Gasteiger partial charge on any atom is 0.408 e. The Kier molecular flexibility index (Phi) is 7.31. The third kappa shape index (κ3) is 5.88. The SMILES string of the molecule is CCOc1c(OC(=O)c2coc(C)n2)ccc([C@H](C)NC(=O)OC(C)(C)C)c1OC. The van der Waals surface area contributed by atoms with Gasteiger partial charge in [-0.15, -0.1) is 0 Å². The van der Waals surface area contributed by atoms with Gasteiger partial charge in [-0.25, -0.2) is 14.6 Å². The van der Waals surface area contributed by atoms with E-state index in [1.54, 1.807) is 53.7 Å². The highest BCUT2D eigenvalue weighted by atomic mass is 16.6. The minimum atomic E-state index is -0.692. The summed E-state index contributed by atoms with van der Waals surface area (Å²) in [6.45, 7) is 10.8. The van der Waals surface area contributed by atoms with E-state index >= 15 is 0 Å². The lowest BCUT2D eigenvalue weighted by Gasteiger charge is -2.24. The molecule has 0 saturated heterocycles. The number of hydrogen-bond acceptors (Lipinski definition) is 8. The van der Waals surface area contributed by atoms with Crippen LogP contribution < -0.4 is 19.5 Å². The van der Waals surface area contributed by atoms with Crippen molar-refractivity contribution in [2.45, 2.75) is 53.2 Å². The maximum atomic E-state index is 12.4. The number of benzene rings is 1. The standard InChI is InChI=1S/C21H28N2O7/c1-8-27-18-16(29-19(24)15-11-28-13(3)23-15)10-9-14(17(18)26-7)12(2)22-20(25)30-21(4,5)6/h9-12H,8H2,1-7H3,(H,22,25)/t12-/m0/s1. The Balaban J connectivity index is 2.31. The van der Waals surface area contributed by atoms with Crippen LogP contribution in [-0.2, 0) is 4.74 Å². The molecule has 2 rings (SSSR count). The third-order valence-corrected chi connectivity index (χ3v) is 3.83. The number of nitrogens with zero attached hydrogens (tertiary/aromatic N) is 1. The lowest BCUT2D eigenvalue weighted by Crippen LogP contribution is -2.34. The van der Waals surface area contributed by atoms with Crippen molar-refractivity contribution in [2.75, 3.05) is 13.7 Å². The lowest BCUT2D eigenvalue weighted by atomic mass is 10.1. The molecule has 0 saturated carbocycles. The van der Waals surface area contributed by atoms with Gasteiger partial charge in [-0.2, -0.15) is 0 Å². The molecule has 0 bridgehead atoms. The van der Waals surface area contributed by atoms with Crippen LogP contribution in [-0.4, -0.2) is 36.4 Å². The molecule has 0 radical (unpaired) electrons. The molecular formula is C21H28N2O7.